The Kier molecular flexibility index (Phi) is 3.55. The zero-order valence-electron chi connectivity index (χ0n) is 11.1. The molecule has 0 aliphatic heterocycles. The van der Waals surface area contributed by atoms with Crippen molar-refractivity contribution in [3.05, 3.63) is 63.1 Å². The van der Waals surface area contributed by atoms with Crippen LogP contribution in [-0.4, -0.2) is 16.0 Å². The van der Waals surface area contributed by atoms with E-state index in [0.29, 0.717) is 16.5 Å². The lowest BCUT2D eigenvalue weighted by molar-refractivity contribution is 0.102. The van der Waals surface area contributed by atoms with Crippen molar-refractivity contribution in [1.29, 1.82) is 0 Å². The smallest absolute Gasteiger partial charge is 0.189 e. The van der Waals surface area contributed by atoms with E-state index in [1.807, 2.05) is 6.08 Å². The first-order valence-corrected chi connectivity index (χ1v) is 7.39. The van der Waals surface area contributed by atoms with E-state index in [4.69, 9.17) is 0 Å². The second kappa shape index (κ2) is 5.37. The predicted octanol–water partition coefficient (Wildman–Crippen LogP) is 4.07. The predicted molar refractivity (Wildman–Crippen MR) is 84.5 cm³/mol. The number of Topliss-reactive ketones (excluding diaryl/α,β-unsaturated/α-hetero) is 1. The van der Waals surface area contributed by atoms with Gasteiger partial charge >= 0.3 is 0 Å². The van der Waals surface area contributed by atoms with Crippen molar-refractivity contribution in [3.63, 3.8) is 0 Å². The molecule has 0 bridgehead atoms. The molecule has 106 valence electrons. The molecule has 0 heterocycles. The maximum atomic E-state index is 12.5. The number of carbonyl (C=O) groups excluding carboxylic acids is 1. The Hall–Kier alpha value is -2.07. The summed E-state index contributed by atoms with van der Waals surface area (Å²) < 4.78 is 0.602. The van der Waals surface area contributed by atoms with Gasteiger partial charge in [0.25, 0.3) is 0 Å². The monoisotopic (exact) mass is 344 g/mol. The summed E-state index contributed by atoms with van der Waals surface area (Å²) in [6, 6.07) is 10.0. The summed E-state index contributed by atoms with van der Waals surface area (Å²) in [5, 5.41) is 19.0. The molecule has 0 aromatic heterocycles. The molecule has 0 unspecified atom stereocenters. The standard InChI is InChI=1S/C17H13BrO3/c18-15-8-10(1-6-16(15)20)7-12-3-2-11-9-13(19)4-5-14(11)17(12)21/h1,4-9,19-20H,2-3H2. The summed E-state index contributed by atoms with van der Waals surface area (Å²) in [6.07, 6.45) is 3.23. The van der Waals surface area contributed by atoms with Crippen LogP contribution in [0.15, 0.2) is 46.4 Å². The lowest BCUT2D eigenvalue weighted by Crippen LogP contribution is -2.13. The van der Waals surface area contributed by atoms with E-state index in [1.165, 1.54) is 6.07 Å². The Bertz CT molecular complexity index is 763. The average molecular weight is 345 g/mol. The van der Waals surface area contributed by atoms with Gasteiger partial charge in [-0.15, -0.1) is 0 Å². The Balaban J connectivity index is 1.97. The Labute approximate surface area is 130 Å². The molecular formula is C17H13BrO3. The molecule has 2 aromatic carbocycles. The molecule has 21 heavy (non-hydrogen) atoms. The number of phenols is 2. The topological polar surface area (TPSA) is 57.5 Å². The van der Waals surface area contributed by atoms with Gasteiger partial charge in [-0.3, -0.25) is 4.79 Å². The number of carbonyl (C=O) groups is 1. The molecule has 2 N–H and O–H groups in total. The van der Waals surface area contributed by atoms with Gasteiger partial charge in [0.2, 0.25) is 0 Å². The molecule has 0 saturated heterocycles. The van der Waals surface area contributed by atoms with E-state index >= 15 is 0 Å². The lowest BCUT2D eigenvalue weighted by Gasteiger charge is -2.17. The Morgan fingerprint density at radius 3 is 2.62 bits per heavy atom. The van der Waals surface area contributed by atoms with E-state index in [2.05, 4.69) is 15.9 Å². The highest BCUT2D eigenvalue weighted by Crippen LogP contribution is 2.30. The van der Waals surface area contributed by atoms with E-state index in [9.17, 15) is 15.0 Å². The lowest BCUT2D eigenvalue weighted by atomic mass is 9.86. The minimum atomic E-state index is 0.000414. The molecule has 2 aromatic rings. The van der Waals surface area contributed by atoms with Crippen LogP contribution < -0.4 is 0 Å². The van der Waals surface area contributed by atoms with Crippen LogP contribution in [0, 0.1) is 0 Å². The average Bonchev–Trinajstić information content (AvgIpc) is 2.46. The third-order valence-electron chi connectivity index (χ3n) is 3.60. The van der Waals surface area contributed by atoms with Crippen LogP contribution in [0.3, 0.4) is 0 Å². The quantitative estimate of drug-likeness (QED) is 0.766. The van der Waals surface area contributed by atoms with Gasteiger partial charge in [-0.2, -0.15) is 0 Å². The third kappa shape index (κ3) is 2.72. The molecule has 0 fully saturated rings. The van der Waals surface area contributed by atoms with Gasteiger partial charge in [0.15, 0.2) is 5.78 Å². The number of halogens is 1. The van der Waals surface area contributed by atoms with Crippen molar-refractivity contribution in [2.24, 2.45) is 0 Å². The first-order chi connectivity index (χ1) is 10.0. The summed E-state index contributed by atoms with van der Waals surface area (Å²) in [7, 11) is 0. The fourth-order valence-electron chi connectivity index (χ4n) is 2.52. The van der Waals surface area contributed by atoms with E-state index in [-0.39, 0.29) is 17.3 Å². The highest BCUT2D eigenvalue weighted by Gasteiger charge is 2.22. The van der Waals surface area contributed by atoms with Crippen LogP contribution in [0.2, 0.25) is 0 Å². The van der Waals surface area contributed by atoms with Gasteiger partial charge in [-0.25, -0.2) is 0 Å². The van der Waals surface area contributed by atoms with Crippen LogP contribution in [0.1, 0.15) is 27.9 Å². The van der Waals surface area contributed by atoms with Gasteiger partial charge < -0.3 is 10.2 Å². The van der Waals surface area contributed by atoms with E-state index < -0.39 is 0 Å². The first-order valence-electron chi connectivity index (χ1n) is 6.60. The third-order valence-corrected chi connectivity index (χ3v) is 4.24. The van der Waals surface area contributed by atoms with Crippen LogP contribution in [0.25, 0.3) is 6.08 Å². The molecule has 4 heteroatoms. The number of ketones is 1. The van der Waals surface area contributed by atoms with Crippen molar-refractivity contribution in [2.75, 3.05) is 0 Å². The second-order valence-corrected chi connectivity index (χ2v) is 5.91. The number of hydrogen-bond acceptors (Lipinski definition) is 3. The SMILES string of the molecule is O=C1C(=Cc2ccc(O)c(Br)c2)CCc2cc(O)ccc21. The van der Waals surface area contributed by atoms with Crippen LogP contribution >= 0.6 is 15.9 Å². The number of phenolic OH excluding ortho intramolecular Hbond substituents is 2. The summed E-state index contributed by atoms with van der Waals surface area (Å²) in [5.41, 5.74) is 3.16. The highest BCUT2D eigenvalue weighted by atomic mass is 79.9. The minimum absolute atomic E-state index is 0.000414. The van der Waals surface area contributed by atoms with Crippen molar-refractivity contribution in [2.45, 2.75) is 12.8 Å². The number of aromatic hydroxyl groups is 2. The van der Waals surface area contributed by atoms with E-state index in [1.54, 1.807) is 30.3 Å². The molecule has 1 aliphatic rings. The summed E-state index contributed by atoms with van der Waals surface area (Å²) in [6.45, 7) is 0. The zero-order chi connectivity index (χ0) is 15.0. The number of aryl methyl sites for hydroxylation is 1. The van der Waals surface area contributed by atoms with Gasteiger partial charge in [-0.05, 0) is 76.3 Å². The number of allylic oxidation sites excluding steroid dienone is 1. The molecule has 0 atom stereocenters. The largest absolute Gasteiger partial charge is 0.508 e. The highest BCUT2D eigenvalue weighted by molar-refractivity contribution is 9.10. The summed E-state index contributed by atoms with van der Waals surface area (Å²) >= 11 is 3.27. The Morgan fingerprint density at radius 2 is 1.86 bits per heavy atom. The minimum Gasteiger partial charge on any atom is -0.508 e. The molecule has 0 amide bonds. The maximum Gasteiger partial charge on any atom is 0.189 e. The molecule has 3 rings (SSSR count). The number of rotatable bonds is 1. The number of hydrogen-bond donors (Lipinski definition) is 2. The van der Waals surface area contributed by atoms with Crippen molar-refractivity contribution >= 4 is 27.8 Å². The molecule has 0 spiro atoms. The normalized spacial score (nSPS) is 16.0. The van der Waals surface area contributed by atoms with Crippen LogP contribution in [0.5, 0.6) is 11.5 Å². The van der Waals surface area contributed by atoms with Crippen molar-refractivity contribution in [3.8, 4) is 11.5 Å². The van der Waals surface area contributed by atoms with Gasteiger partial charge in [0.05, 0.1) is 4.47 Å². The maximum absolute atomic E-state index is 12.5. The Morgan fingerprint density at radius 1 is 1.05 bits per heavy atom. The van der Waals surface area contributed by atoms with Crippen molar-refractivity contribution in [1.82, 2.24) is 0 Å². The van der Waals surface area contributed by atoms with Crippen molar-refractivity contribution < 1.29 is 15.0 Å². The molecular weight excluding hydrogens is 332 g/mol. The molecule has 1 aliphatic carbocycles. The second-order valence-electron chi connectivity index (χ2n) is 5.05. The summed E-state index contributed by atoms with van der Waals surface area (Å²) in [5.74, 6) is 0.366. The number of fused-ring (bicyclic) bond motifs is 1. The van der Waals surface area contributed by atoms with Crippen LogP contribution in [0.4, 0.5) is 0 Å². The van der Waals surface area contributed by atoms with Crippen LogP contribution in [-0.2, 0) is 6.42 Å². The van der Waals surface area contributed by atoms with Gasteiger partial charge in [0.1, 0.15) is 11.5 Å². The molecule has 0 saturated carbocycles. The molecule has 0 radical (unpaired) electrons. The number of benzene rings is 2. The fraction of sp³-hybridized carbons (Fsp3) is 0.118. The van der Waals surface area contributed by atoms with E-state index in [0.717, 1.165) is 23.1 Å². The zero-order valence-corrected chi connectivity index (χ0v) is 12.7. The van der Waals surface area contributed by atoms with Gasteiger partial charge in [0, 0.05) is 11.1 Å². The molecule has 3 nitrogen and oxygen atoms in total. The first kappa shape index (κ1) is 13.9. The fourth-order valence-corrected chi connectivity index (χ4v) is 2.91. The van der Waals surface area contributed by atoms with Gasteiger partial charge in [-0.1, -0.05) is 6.07 Å². The summed E-state index contributed by atoms with van der Waals surface area (Å²) in [4.78, 5) is 12.5.